The first kappa shape index (κ1) is 15.3. The first-order chi connectivity index (χ1) is 11.8. The first-order valence-corrected chi connectivity index (χ1v) is 8.31. The van der Waals surface area contributed by atoms with Gasteiger partial charge in [0.1, 0.15) is 6.26 Å². The fourth-order valence-corrected chi connectivity index (χ4v) is 3.40. The number of hydrogen-bond acceptors (Lipinski definition) is 6. The molecule has 8 nitrogen and oxygen atoms in total. The second-order valence-electron chi connectivity index (χ2n) is 6.21. The minimum Gasteiger partial charge on any atom is -0.451 e. The van der Waals surface area contributed by atoms with Crippen molar-refractivity contribution in [2.45, 2.75) is 25.6 Å². The monoisotopic (exact) mass is 331 g/mol. The van der Waals surface area contributed by atoms with Gasteiger partial charge in [-0.15, -0.1) is 0 Å². The van der Waals surface area contributed by atoms with E-state index in [0.29, 0.717) is 12.2 Å². The molecule has 8 heteroatoms. The molecule has 1 saturated heterocycles. The third-order valence-electron chi connectivity index (χ3n) is 4.74. The van der Waals surface area contributed by atoms with Crippen LogP contribution in [0.3, 0.4) is 0 Å². The summed E-state index contributed by atoms with van der Waals surface area (Å²) in [6.45, 7) is 5.54. The Morgan fingerprint density at radius 2 is 2.17 bits per heavy atom. The van der Waals surface area contributed by atoms with E-state index < -0.39 is 0 Å². The number of rotatable bonds is 3. The summed E-state index contributed by atoms with van der Waals surface area (Å²) in [5.41, 5.74) is 1.41. The summed E-state index contributed by atoms with van der Waals surface area (Å²) >= 11 is 0. The molecule has 0 aliphatic carbocycles. The number of oxazole rings is 1. The number of amides is 1. The minimum absolute atomic E-state index is 0.0864. The lowest BCUT2D eigenvalue weighted by Gasteiger charge is -2.35. The number of morpholine rings is 1. The Hall–Kier alpha value is -2.19. The van der Waals surface area contributed by atoms with E-state index in [4.69, 9.17) is 9.15 Å². The van der Waals surface area contributed by atoms with Crippen molar-refractivity contribution in [1.29, 1.82) is 0 Å². The number of aryl methyl sites for hydroxylation is 1. The van der Waals surface area contributed by atoms with Gasteiger partial charge < -0.3 is 14.1 Å². The Balaban J connectivity index is 1.57. The molecule has 2 aliphatic rings. The van der Waals surface area contributed by atoms with Gasteiger partial charge in [0, 0.05) is 38.4 Å². The summed E-state index contributed by atoms with van der Waals surface area (Å²) in [4.78, 5) is 21.2. The van der Waals surface area contributed by atoms with Gasteiger partial charge in [0.15, 0.2) is 12.1 Å². The summed E-state index contributed by atoms with van der Waals surface area (Å²) in [6.07, 6.45) is 5.37. The highest BCUT2D eigenvalue weighted by Gasteiger charge is 2.31. The molecule has 1 atom stereocenters. The van der Waals surface area contributed by atoms with E-state index in [1.54, 1.807) is 6.20 Å². The van der Waals surface area contributed by atoms with Crippen LogP contribution in [0.2, 0.25) is 0 Å². The zero-order chi connectivity index (χ0) is 16.4. The highest BCUT2D eigenvalue weighted by molar-refractivity contribution is 5.92. The Labute approximate surface area is 140 Å². The quantitative estimate of drug-likeness (QED) is 0.820. The van der Waals surface area contributed by atoms with Gasteiger partial charge in [0.25, 0.3) is 5.91 Å². The molecule has 0 saturated carbocycles. The predicted molar refractivity (Wildman–Crippen MR) is 84.3 cm³/mol. The van der Waals surface area contributed by atoms with Crippen molar-refractivity contribution in [3.05, 3.63) is 36.3 Å². The fourth-order valence-electron chi connectivity index (χ4n) is 3.40. The largest absolute Gasteiger partial charge is 0.451 e. The zero-order valence-corrected chi connectivity index (χ0v) is 13.5. The van der Waals surface area contributed by atoms with Crippen LogP contribution in [0.5, 0.6) is 0 Å². The van der Waals surface area contributed by atoms with E-state index in [0.717, 1.165) is 51.5 Å². The van der Waals surface area contributed by atoms with Crippen LogP contribution < -0.4 is 0 Å². The van der Waals surface area contributed by atoms with Gasteiger partial charge in [0.05, 0.1) is 25.5 Å². The van der Waals surface area contributed by atoms with Gasteiger partial charge in [-0.1, -0.05) is 0 Å². The highest BCUT2D eigenvalue weighted by atomic mass is 16.5. The Morgan fingerprint density at radius 1 is 1.29 bits per heavy atom. The molecule has 24 heavy (non-hydrogen) atoms. The molecule has 0 spiro atoms. The normalized spacial score (nSPS) is 22.2. The Bertz CT molecular complexity index is 678. The standard InChI is InChI=1S/C16H21N5O3/c22-16(15-11-24-12-17-15)20-10-14-1-3-18-21(14)4-2-13(20)9-19-5-7-23-8-6-19/h1,3,11-13H,2,4-10H2/t13-/m1/s1. The van der Waals surface area contributed by atoms with Crippen LogP contribution in [0, 0.1) is 0 Å². The molecule has 0 aromatic carbocycles. The molecule has 0 N–H and O–H groups in total. The molecule has 4 rings (SSSR count). The molecular formula is C16H21N5O3. The van der Waals surface area contributed by atoms with E-state index in [-0.39, 0.29) is 11.9 Å². The van der Waals surface area contributed by atoms with E-state index in [1.807, 2.05) is 15.6 Å². The molecule has 0 radical (unpaired) electrons. The van der Waals surface area contributed by atoms with E-state index in [9.17, 15) is 4.79 Å². The number of ether oxygens (including phenoxy) is 1. The van der Waals surface area contributed by atoms with Gasteiger partial charge in [-0.2, -0.15) is 5.10 Å². The van der Waals surface area contributed by atoms with E-state index in [2.05, 4.69) is 15.0 Å². The average molecular weight is 331 g/mol. The van der Waals surface area contributed by atoms with Crippen LogP contribution in [0.1, 0.15) is 22.6 Å². The maximum Gasteiger partial charge on any atom is 0.276 e. The van der Waals surface area contributed by atoms with Crippen LogP contribution in [-0.4, -0.2) is 69.4 Å². The lowest BCUT2D eigenvalue weighted by Crippen LogP contribution is -2.49. The van der Waals surface area contributed by atoms with Crippen LogP contribution in [-0.2, 0) is 17.8 Å². The van der Waals surface area contributed by atoms with Gasteiger partial charge in [-0.05, 0) is 12.5 Å². The summed E-state index contributed by atoms with van der Waals surface area (Å²) in [7, 11) is 0. The molecule has 0 unspecified atom stereocenters. The van der Waals surface area contributed by atoms with Crippen LogP contribution in [0.4, 0.5) is 0 Å². The molecule has 2 aromatic heterocycles. The molecule has 2 aromatic rings. The Morgan fingerprint density at radius 3 is 2.96 bits per heavy atom. The number of aromatic nitrogens is 3. The average Bonchev–Trinajstić information content (AvgIpc) is 3.26. The van der Waals surface area contributed by atoms with Gasteiger partial charge >= 0.3 is 0 Å². The van der Waals surface area contributed by atoms with Crippen molar-refractivity contribution in [2.75, 3.05) is 32.8 Å². The second kappa shape index (κ2) is 6.74. The van der Waals surface area contributed by atoms with Crippen molar-refractivity contribution < 1.29 is 13.9 Å². The first-order valence-electron chi connectivity index (χ1n) is 8.31. The van der Waals surface area contributed by atoms with Crippen molar-refractivity contribution in [3.63, 3.8) is 0 Å². The lowest BCUT2D eigenvalue weighted by atomic mass is 10.1. The summed E-state index contributed by atoms with van der Waals surface area (Å²) in [6, 6.07) is 2.09. The summed E-state index contributed by atoms with van der Waals surface area (Å²) in [5.74, 6) is -0.0864. The van der Waals surface area contributed by atoms with E-state index in [1.165, 1.54) is 12.7 Å². The van der Waals surface area contributed by atoms with Crippen LogP contribution >= 0.6 is 0 Å². The molecule has 1 fully saturated rings. The molecule has 0 bridgehead atoms. The molecule has 4 heterocycles. The third-order valence-corrected chi connectivity index (χ3v) is 4.74. The van der Waals surface area contributed by atoms with E-state index >= 15 is 0 Å². The van der Waals surface area contributed by atoms with Crippen LogP contribution in [0.15, 0.2) is 29.3 Å². The van der Waals surface area contributed by atoms with Crippen molar-refractivity contribution in [2.24, 2.45) is 0 Å². The smallest absolute Gasteiger partial charge is 0.276 e. The van der Waals surface area contributed by atoms with Crippen molar-refractivity contribution in [3.8, 4) is 0 Å². The molecule has 1 amide bonds. The number of hydrogen-bond donors (Lipinski definition) is 0. The second-order valence-corrected chi connectivity index (χ2v) is 6.21. The number of nitrogens with zero attached hydrogens (tertiary/aromatic N) is 5. The maximum absolute atomic E-state index is 12.9. The molecule has 2 aliphatic heterocycles. The maximum atomic E-state index is 12.9. The minimum atomic E-state index is -0.0864. The zero-order valence-electron chi connectivity index (χ0n) is 13.5. The van der Waals surface area contributed by atoms with Crippen molar-refractivity contribution >= 4 is 5.91 Å². The SMILES string of the molecule is O=C(c1cocn1)N1Cc2ccnn2CC[C@@H]1CN1CCOCC1. The summed E-state index contributed by atoms with van der Waals surface area (Å²) in [5, 5.41) is 4.37. The third kappa shape index (κ3) is 3.07. The molecule has 128 valence electrons. The number of carbonyl (C=O) groups excluding carboxylic acids is 1. The Kier molecular flexibility index (Phi) is 4.31. The predicted octanol–water partition coefficient (Wildman–Crippen LogP) is 0.618. The fraction of sp³-hybridized carbons (Fsp3) is 0.562. The van der Waals surface area contributed by atoms with Gasteiger partial charge in [-0.3, -0.25) is 14.4 Å². The summed E-state index contributed by atoms with van der Waals surface area (Å²) < 4.78 is 12.4. The van der Waals surface area contributed by atoms with Gasteiger partial charge in [0.2, 0.25) is 0 Å². The van der Waals surface area contributed by atoms with Gasteiger partial charge in [-0.25, -0.2) is 4.98 Å². The number of carbonyl (C=O) groups is 1. The number of fused-ring (bicyclic) bond motifs is 1. The molecular weight excluding hydrogens is 310 g/mol. The van der Waals surface area contributed by atoms with Crippen molar-refractivity contribution in [1.82, 2.24) is 24.6 Å². The van der Waals surface area contributed by atoms with Crippen LogP contribution in [0.25, 0.3) is 0 Å². The lowest BCUT2D eigenvalue weighted by molar-refractivity contribution is 0.0201. The highest BCUT2D eigenvalue weighted by Crippen LogP contribution is 2.20. The topological polar surface area (TPSA) is 76.6 Å².